The van der Waals surface area contributed by atoms with Crippen LogP contribution in [0, 0.1) is 6.92 Å². The lowest BCUT2D eigenvalue weighted by Crippen LogP contribution is -2.13. The molecule has 0 bridgehead atoms. The average Bonchev–Trinajstić information content (AvgIpc) is 2.75. The number of hydrogen-bond acceptors (Lipinski definition) is 5. The monoisotopic (exact) mass is 261 g/mol. The van der Waals surface area contributed by atoms with Crippen LogP contribution < -0.4 is 5.32 Å². The first kappa shape index (κ1) is 13.0. The number of hydrogen-bond donors (Lipinski definition) is 2. The molecule has 0 radical (unpaired) electrons. The summed E-state index contributed by atoms with van der Waals surface area (Å²) in [6.07, 6.45) is 3.86. The summed E-state index contributed by atoms with van der Waals surface area (Å²) in [6, 6.07) is 1.68. The summed E-state index contributed by atoms with van der Waals surface area (Å²) in [5.74, 6) is 0.235. The average molecular weight is 261 g/mol. The van der Waals surface area contributed by atoms with E-state index in [4.69, 9.17) is 5.11 Å². The Hall–Kier alpha value is -2.44. The molecule has 0 amide bonds. The van der Waals surface area contributed by atoms with Crippen molar-refractivity contribution < 1.29 is 9.90 Å². The maximum atomic E-state index is 11.2. The molecule has 7 heteroatoms. The Morgan fingerprint density at radius 1 is 1.53 bits per heavy atom. The van der Waals surface area contributed by atoms with E-state index in [2.05, 4.69) is 20.5 Å². The molecule has 2 aromatic heterocycles. The van der Waals surface area contributed by atoms with Gasteiger partial charge in [0.25, 0.3) is 0 Å². The summed E-state index contributed by atoms with van der Waals surface area (Å²) < 4.78 is 1.82. The van der Waals surface area contributed by atoms with Gasteiger partial charge in [-0.3, -0.25) is 0 Å². The molecule has 2 N–H and O–H groups in total. The molecule has 0 fully saturated rings. The minimum Gasteiger partial charge on any atom is -0.478 e. The lowest BCUT2D eigenvalue weighted by Gasteiger charge is -2.09. The topological polar surface area (TPSA) is 92.9 Å². The van der Waals surface area contributed by atoms with Gasteiger partial charge in [-0.25, -0.2) is 9.78 Å². The highest BCUT2D eigenvalue weighted by atomic mass is 16.4. The van der Waals surface area contributed by atoms with Gasteiger partial charge in [0.1, 0.15) is 23.5 Å². The number of aryl methyl sites for hydroxylation is 2. The molecular formula is C12H15N5O2. The normalized spacial score (nSPS) is 10.4. The van der Waals surface area contributed by atoms with Crippen LogP contribution in [-0.2, 0) is 13.5 Å². The van der Waals surface area contributed by atoms with E-state index in [1.54, 1.807) is 25.5 Å². The molecule has 2 rings (SSSR count). The second kappa shape index (κ2) is 5.47. The summed E-state index contributed by atoms with van der Waals surface area (Å²) in [4.78, 5) is 15.2. The highest BCUT2D eigenvalue weighted by Crippen LogP contribution is 2.16. The molecule has 0 spiro atoms. The third-order valence-corrected chi connectivity index (χ3v) is 2.82. The Bertz CT molecular complexity index is 594. The largest absolute Gasteiger partial charge is 0.478 e. The minimum absolute atomic E-state index is 0.209. The van der Waals surface area contributed by atoms with Crippen LogP contribution in [-0.4, -0.2) is 37.4 Å². The molecule has 0 aromatic carbocycles. The Morgan fingerprint density at radius 2 is 2.32 bits per heavy atom. The van der Waals surface area contributed by atoms with Gasteiger partial charge in [0, 0.05) is 26.2 Å². The molecule has 0 aliphatic rings. The Morgan fingerprint density at radius 3 is 2.95 bits per heavy atom. The van der Waals surface area contributed by atoms with Crippen molar-refractivity contribution in [1.82, 2.24) is 19.7 Å². The van der Waals surface area contributed by atoms with Crippen molar-refractivity contribution in [1.29, 1.82) is 0 Å². The van der Waals surface area contributed by atoms with E-state index in [-0.39, 0.29) is 5.56 Å². The number of aromatic nitrogens is 4. The molecule has 0 saturated heterocycles. The third-order valence-electron chi connectivity index (χ3n) is 2.82. The predicted octanol–water partition coefficient (Wildman–Crippen LogP) is 0.871. The Kier molecular flexibility index (Phi) is 3.74. The maximum absolute atomic E-state index is 11.2. The first-order valence-corrected chi connectivity index (χ1v) is 5.85. The molecule has 19 heavy (non-hydrogen) atoms. The summed E-state index contributed by atoms with van der Waals surface area (Å²) in [5.41, 5.74) is 0.893. The fourth-order valence-corrected chi connectivity index (χ4v) is 1.79. The molecule has 0 saturated carbocycles. The van der Waals surface area contributed by atoms with Gasteiger partial charge >= 0.3 is 5.97 Å². The number of rotatable bonds is 5. The molecule has 0 aliphatic heterocycles. The van der Waals surface area contributed by atoms with Gasteiger partial charge in [0.15, 0.2) is 0 Å². The van der Waals surface area contributed by atoms with Gasteiger partial charge in [0.2, 0.25) is 0 Å². The lowest BCUT2D eigenvalue weighted by molar-refractivity contribution is 0.0697. The van der Waals surface area contributed by atoms with Gasteiger partial charge < -0.3 is 15.0 Å². The van der Waals surface area contributed by atoms with Gasteiger partial charge in [-0.2, -0.15) is 0 Å². The number of carboxylic acid groups (broad SMARTS) is 1. The first-order valence-electron chi connectivity index (χ1n) is 5.85. The second-order valence-corrected chi connectivity index (χ2v) is 4.19. The zero-order chi connectivity index (χ0) is 13.8. The Labute approximate surface area is 110 Å². The van der Waals surface area contributed by atoms with Crippen LogP contribution in [0.3, 0.4) is 0 Å². The molecular weight excluding hydrogens is 246 g/mol. The maximum Gasteiger partial charge on any atom is 0.339 e. The first-order chi connectivity index (χ1) is 9.09. The van der Waals surface area contributed by atoms with Crippen molar-refractivity contribution in [3.63, 3.8) is 0 Å². The summed E-state index contributed by atoms with van der Waals surface area (Å²) in [6.45, 7) is 2.29. The van der Waals surface area contributed by atoms with Crippen molar-refractivity contribution in [3.05, 3.63) is 35.5 Å². The van der Waals surface area contributed by atoms with Crippen molar-refractivity contribution >= 4 is 11.8 Å². The van der Waals surface area contributed by atoms with E-state index in [1.165, 1.54) is 0 Å². The number of carbonyl (C=O) groups is 1. The molecule has 0 atom stereocenters. The number of anilines is 1. The summed E-state index contributed by atoms with van der Waals surface area (Å²) in [7, 11) is 1.86. The quantitative estimate of drug-likeness (QED) is 0.829. The fraction of sp³-hybridized carbons (Fsp3) is 0.333. The molecule has 2 aromatic rings. The van der Waals surface area contributed by atoms with Gasteiger partial charge in [0.05, 0.1) is 0 Å². The van der Waals surface area contributed by atoms with Crippen LogP contribution in [0.2, 0.25) is 0 Å². The highest BCUT2D eigenvalue weighted by molar-refractivity contribution is 5.94. The van der Waals surface area contributed by atoms with Crippen LogP contribution in [0.25, 0.3) is 0 Å². The number of nitrogens with zero attached hydrogens (tertiary/aromatic N) is 4. The van der Waals surface area contributed by atoms with Crippen LogP contribution in [0.15, 0.2) is 18.6 Å². The van der Waals surface area contributed by atoms with Crippen LogP contribution >= 0.6 is 0 Å². The summed E-state index contributed by atoms with van der Waals surface area (Å²) in [5, 5.41) is 19.9. The number of carboxylic acids is 1. The SMILES string of the molecule is Cc1ccnc(NCCc2nncn2C)c1C(=O)O. The minimum atomic E-state index is -0.980. The number of nitrogens with one attached hydrogen (secondary N) is 1. The van der Waals surface area contributed by atoms with Crippen molar-refractivity contribution in [3.8, 4) is 0 Å². The lowest BCUT2D eigenvalue weighted by atomic mass is 10.1. The van der Waals surface area contributed by atoms with E-state index >= 15 is 0 Å². The van der Waals surface area contributed by atoms with Crippen molar-refractivity contribution in [2.45, 2.75) is 13.3 Å². The van der Waals surface area contributed by atoms with Gasteiger partial charge in [-0.05, 0) is 18.6 Å². The van der Waals surface area contributed by atoms with Gasteiger partial charge in [-0.1, -0.05) is 0 Å². The fourth-order valence-electron chi connectivity index (χ4n) is 1.79. The van der Waals surface area contributed by atoms with E-state index in [9.17, 15) is 4.79 Å². The zero-order valence-electron chi connectivity index (χ0n) is 10.8. The zero-order valence-corrected chi connectivity index (χ0v) is 10.8. The van der Waals surface area contributed by atoms with E-state index in [1.807, 2.05) is 11.6 Å². The predicted molar refractivity (Wildman–Crippen MR) is 69.1 cm³/mol. The molecule has 0 aliphatic carbocycles. The Balaban J connectivity index is 2.06. The van der Waals surface area contributed by atoms with E-state index < -0.39 is 5.97 Å². The molecule has 2 heterocycles. The van der Waals surface area contributed by atoms with Crippen molar-refractivity contribution in [2.75, 3.05) is 11.9 Å². The number of aromatic carboxylic acids is 1. The van der Waals surface area contributed by atoms with Gasteiger partial charge in [-0.15, -0.1) is 10.2 Å². The third kappa shape index (κ3) is 2.87. The van der Waals surface area contributed by atoms with Crippen LogP contribution in [0.4, 0.5) is 5.82 Å². The van der Waals surface area contributed by atoms with E-state index in [0.717, 1.165) is 5.82 Å². The van der Waals surface area contributed by atoms with Crippen LogP contribution in [0.5, 0.6) is 0 Å². The second-order valence-electron chi connectivity index (χ2n) is 4.19. The van der Waals surface area contributed by atoms with Crippen LogP contribution in [0.1, 0.15) is 21.7 Å². The van der Waals surface area contributed by atoms with E-state index in [0.29, 0.717) is 24.3 Å². The molecule has 100 valence electrons. The highest BCUT2D eigenvalue weighted by Gasteiger charge is 2.14. The summed E-state index contributed by atoms with van der Waals surface area (Å²) >= 11 is 0. The smallest absolute Gasteiger partial charge is 0.339 e. The number of pyridine rings is 1. The molecule has 7 nitrogen and oxygen atoms in total. The van der Waals surface area contributed by atoms with Crippen molar-refractivity contribution in [2.24, 2.45) is 7.05 Å². The standard InChI is InChI=1S/C12H15N5O2/c1-8-3-5-13-11(10(8)12(18)19)14-6-4-9-16-15-7-17(9)2/h3,5,7H,4,6H2,1-2H3,(H,13,14)(H,18,19). The molecule has 0 unspecified atom stereocenters.